The standard InChI is InChI=1S/C18H20N6/c1-3-5-6-15-20-17-14(11-19-22-17)18-21-16(23-24(15)18)13-9-7-12(4-2)8-10-13/h7-11H,3-6H2,1-2H3,(H,21,23). The van der Waals surface area contributed by atoms with Crippen LogP contribution in [0.15, 0.2) is 30.5 Å². The van der Waals surface area contributed by atoms with Crippen LogP contribution in [0.25, 0.3) is 28.4 Å². The molecule has 2 aromatic rings. The largest absolute Gasteiger partial charge is 0.274 e. The molecular formula is C18H20N6. The van der Waals surface area contributed by atoms with E-state index in [-0.39, 0.29) is 0 Å². The van der Waals surface area contributed by atoms with Gasteiger partial charge in [-0.15, -0.1) is 5.10 Å². The molecule has 0 saturated carbocycles. The van der Waals surface area contributed by atoms with Crippen molar-refractivity contribution in [2.24, 2.45) is 0 Å². The van der Waals surface area contributed by atoms with Gasteiger partial charge in [-0.3, -0.25) is 5.10 Å². The van der Waals surface area contributed by atoms with Crippen LogP contribution < -0.4 is 0 Å². The third-order valence-corrected chi connectivity index (χ3v) is 4.35. The second-order valence-corrected chi connectivity index (χ2v) is 6.00. The number of hydrogen-bond donors (Lipinski definition) is 1. The Morgan fingerprint density at radius 2 is 1.92 bits per heavy atom. The Morgan fingerprint density at radius 1 is 1.08 bits per heavy atom. The van der Waals surface area contributed by atoms with Gasteiger partial charge < -0.3 is 0 Å². The van der Waals surface area contributed by atoms with Gasteiger partial charge in [-0.1, -0.05) is 44.5 Å². The van der Waals surface area contributed by atoms with E-state index in [1.54, 1.807) is 6.20 Å². The minimum absolute atomic E-state index is 0.667. The first-order valence-corrected chi connectivity index (χ1v) is 8.48. The lowest BCUT2D eigenvalue weighted by Crippen LogP contribution is -2.05. The zero-order valence-corrected chi connectivity index (χ0v) is 14.0. The van der Waals surface area contributed by atoms with Gasteiger partial charge in [0, 0.05) is 12.0 Å². The maximum absolute atomic E-state index is 4.79. The van der Waals surface area contributed by atoms with Gasteiger partial charge in [0.25, 0.3) is 0 Å². The molecule has 2 aliphatic rings. The molecule has 6 nitrogen and oxygen atoms in total. The lowest BCUT2D eigenvalue weighted by molar-refractivity contribution is 0.713. The first-order valence-electron chi connectivity index (χ1n) is 8.48. The summed E-state index contributed by atoms with van der Waals surface area (Å²) in [5.74, 6) is 2.45. The molecule has 0 saturated heterocycles. The molecule has 1 N–H and O–H groups in total. The van der Waals surface area contributed by atoms with E-state index in [2.05, 4.69) is 58.4 Å². The predicted octanol–water partition coefficient (Wildman–Crippen LogP) is 3.52. The van der Waals surface area contributed by atoms with Crippen molar-refractivity contribution in [3.8, 4) is 22.8 Å². The summed E-state index contributed by atoms with van der Waals surface area (Å²) < 4.78 is 1.98. The summed E-state index contributed by atoms with van der Waals surface area (Å²) in [4.78, 5) is 9.45. The monoisotopic (exact) mass is 320 g/mol. The molecule has 4 rings (SSSR count). The minimum Gasteiger partial charge on any atom is -0.274 e. The number of aromatic nitrogens is 6. The van der Waals surface area contributed by atoms with Crippen LogP contribution in [0.5, 0.6) is 0 Å². The summed E-state index contributed by atoms with van der Waals surface area (Å²) >= 11 is 0. The SMILES string of the molecule is CCCCc1nc2nncc-2c2nc(-c3ccc(CC)cc3)[nH]n12. The van der Waals surface area contributed by atoms with E-state index in [4.69, 9.17) is 4.98 Å². The molecule has 0 bridgehead atoms. The predicted molar refractivity (Wildman–Crippen MR) is 93.0 cm³/mol. The third-order valence-electron chi connectivity index (χ3n) is 4.35. The smallest absolute Gasteiger partial charge is 0.188 e. The zero-order chi connectivity index (χ0) is 16.5. The molecule has 24 heavy (non-hydrogen) atoms. The van der Waals surface area contributed by atoms with Crippen LogP contribution in [-0.4, -0.2) is 29.8 Å². The summed E-state index contributed by atoms with van der Waals surface area (Å²) in [6.07, 6.45) is 5.84. The van der Waals surface area contributed by atoms with Gasteiger partial charge in [-0.05, 0) is 18.4 Å². The molecule has 0 fully saturated rings. The highest BCUT2D eigenvalue weighted by atomic mass is 15.3. The molecule has 3 heterocycles. The fourth-order valence-electron chi connectivity index (χ4n) is 2.90. The molecule has 122 valence electrons. The Kier molecular flexibility index (Phi) is 3.72. The second-order valence-electron chi connectivity index (χ2n) is 6.00. The number of aryl methyl sites for hydroxylation is 2. The first-order chi connectivity index (χ1) is 11.8. The normalized spacial score (nSPS) is 11.6. The number of hydrogen-bond acceptors (Lipinski definition) is 4. The van der Waals surface area contributed by atoms with E-state index in [0.717, 1.165) is 54.1 Å². The van der Waals surface area contributed by atoms with Gasteiger partial charge in [0.05, 0.1) is 11.8 Å². The van der Waals surface area contributed by atoms with E-state index < -0.39 is 0 Å². The zero-order valence-electron chi connectivity index (χ0n) is 14.0. The lowest BCUT2D eigenvalue weighted by atomic mass is 10.1. The molecule has 0 amide bonds. The molecule has 1 aromatic carbocycles. The fourth-order valence-corrected chi connectivity index (χ4v) is 2.90. The summed E-state index contributed by atoms with van der Waals surface area (Å²) in [6, 6.07) is 8.50. The highest BCUT2D eigenvalue weighted by Crippen LogP contribution is 2.26. The Morgan fingerprint density at radius 3 is 2.67 bits per heavy atom. The highest BCUT2D eigenvalue weighted by Gasteiger charge is 2.19. The van der Waals surface area contributed by atoms with Crippen LogP contribution in [0, 0.1) is 0 Å². The minimum atomic E-state index is 0.667. The number of unbranched alkanes of at least 4 members (excludes halogenated alkanes) is 1. The Hall–Kier alpha value is -2.76. The van der Waals surface area contributed by atoms with E-state index in [9.17, 15) is 0 Å². The molecule has 0 radical (unpaired) electrons. The molecule has 0 aliphatic carbocycles. The summed E-state index contributed by atoms with van der Waals surface area (Å²) in [7, 11) is 0. The Bertz CT molecular complexity index is 934. The van der Waals surface area contributed by atoms with Crippen LogP contribution in [0.2, 0.25) is 0 Å². The van der Waals surface area contributed by atoms with E-state index in [0.29, 0.717) is 5.82 Å². The van der Waals surface area contributed by atoms with Crippen LogP contribution in [0.3, 0.4) is 0 Å². The second kappa shape index (κ2) is 6.03. The van der Waals surface area contributed by atoms with E-state index in [1.165, 1.54) is 5.56 Å². The molecule has 0 unspecified atom stereocenters. The van der Waals surface area contributed by atoms with E-state index >= 15 is 0 Å². The number of rotatable bonds is 5. The quantitative estimate of drug-likeness (QED) is 0.610. The van der Waals surface area contributed by atoms with Crippen molar-refractivity contribution in [2.75, 3.05) is 0 Å². The lowest BCUT2D eigenvalue weighted by Gasteiger charge is -2.05. The van der Waals surface area contributed by atoms with Crippen LogP contribution in [0.1, 0.15) is 38.1 Å². The molecule has 0 spiro atoms. The number of aromatic amines is 1. The van der Waals surface area contributed by atoms with Crippen molar-refractivity contribution >= 4 is 5.65 Å². The van der Waals surface area contributed by atoms with Gasteiger partial charge in [0.2, 0.25) is 0 Å². The molecular weight excluding hydrogens is 300 g/mol. The Balaban J connectivity index is 1.86. The average Bonchev–Trinajstić information content (AvgIpc) is 3.26. The van der Waals surface area contributed by atoms with Gasteiger partial charge in [0.15, 0.2) is 17.3 Å². The summed E-state index contributed by atoms with van der Waals surface area (Å²) in [5, 5.41) is 11.5. The van der Waals surface area contributed by atoms with Crippen LogP contribution in [0.4, 0.5) is 0 Å². The molecule has 1 aromatic heterocycles. The van der Waals surface area contributed by atoms with Gasteiger partial charge in [0.1, 0.15) is 5.82 Å². The maximum Gasteiger partial charge on any atom is 0.188 e. The van der Waals surface area contributed by atoms with Crippen molar-refractivity contribution < 1.29 is 0 Å². The van der Waals surface area contributed by atoms with Crippen molar-refractivity contribution in [3.63, 3.8) is 0 Å². The number of nitrogens with one attached hydrogen (secondary N) is 1. The maximum atomic E-state index is 4.79. The average molecular weight is 320 g/mol. The van der Waals surface area contributed by atoms with Gasteiger partial charge in [-0.25, -0.2) is 14.5 Å². The van der Waals surface area contributed by atoms with Crippen molar-refractivity contribution in [1.82, 2.24) is 29.8 Å². The summed E-state index contributed by atoms with van der Waals surface area (Å²) in [6.45, 7) is 4.33. The first kappa shape index (κ1) is 14.8. The van der Waals surface area contributed by atoms with E-state index in [1.807, 2.05) is 4.52 Å². The Labute approximate surface area is 140 Å². The number of benzene rings is 1. The number of H-pyrrole nitrogens is 1. The van der Waals surface area contributed by atoms with Crippen LogP contribution in [-0.2, 0) is 12.8 Å². The third kappa shape index (κ3) is 2.44. The highest BCUT2D eigenvalue weighted by molar-refractivity contribution is 5.74. The topological polar surface area (TPSA) is 71.8 Å². The fraction of sp³-hybridized carbons (Fsp3) is 0.333. The molecule has 6 heteroatoms. The summed E-state index contributed by atoms with van der Waals surface area (Å²) in [5.41, 5.74) is 4.10. The van der Waals surface area contributed by atoms with Crippen molar-refractivity contribution in [1.29, 1.82) is 0 Å². The van der Waals surface area contributed by atoms with Gasteiger partial charge >= 0.3 is 0 Å². The van der Waals surface area contributed by atoms with Gasteiger partial charge in [-0.2, -0.15) is 5.10 Å². The molecule has 2 aliphatic heterocycles. The molecule has 0 atom stereocenters. The van der Waals surface area contributed by atoms with Crippen molar-refractivity contribution in [2.45, 2.75) is 39.5 Å². The number of nitrogens with zero attached hydrogens (tertiary/aromatic N) is 5. The van der Waals surface area contributed by atoms with Crippen LogP contribution >= 0.6 is 0 Å². The van der Waals surface area contributed by atoms with Crippen molar-refractivity contribution in [3.05, 3.63) is 41.9 Å². The number of fused-ring (bicyclic) bond motifs is 3.